The first-order valence-electron chi connectivity index (χ1n) is 5.79. The maximum Gasteiger partial charge on any atom is 0.305 e. The van der Waals surface area contributed by atoms with Gasteiger partial charge in [-0.05, 0) is 31.0 Å². The van der Waals surface area contributed by atoms with E-state index in [-0.39, 0.29) is 30.8 Å². The third kappa shape index (κ3) is 4.33. The van der Waals surface area contributed by atoms with Crippen molar-refractivity contribution in [3.05, 3.63) is 29.6 Å². The van der Waals surface area contributed by atoms with Crippen molar-refractivity contribution in [3.63, 3.8) is 0 Å². The number of rotatable bonds is 6. The van der Waals surface area contributed by atoms with Gasteiger partial charge in [0.15, 0.2) is 11.6 Å². The number of carbonyl (C=O) groups is 1. The van der Waals surface area contributed by atoms with E-state index < -0.39 is 5.82 Å². The molecule has 1 atom stereocenters. The van der Waals surface area contributed by atoms with E-state index in [9.17, 15) is 9.18 Å². The van der Waals surface area contributed by atoms with Crippen molar-refractivity contribution in [1.29, 1.82) is 0 Å². The van der Waals surface area contributed by atoms with Gasteiger partial charge in [0.1, 0.15) is 0 Å². The molecule has 1 aromatic carbocycles. The molecule has 2 N–H and O–H groups in total. The Morgan fingerprint density at radius 2 is 2.22 bits per heavy atom. The van der Waals surface area contributed by atoms with E-state index in [1.165, 1.54) is 13.2 Å². The first-order chi connectivity index (χ1) is 8.54. The fourth-order valence-electron chi connectivity index (χ4n) is 1.42. The minimum absolute atomic E-state index is 0.171. The first kappa shape index (κ1) is 14.4. The van der Waals surface area contributed by atoms with Crippen LogP contribution in [0.25, 0.3) is 0 Å². The molecule has 100 valence electrons. The standard InChI is InChI=1S/C13H18FNO3/c1-9(15)10-5-6-12(11(14)8-10)18-7-3-4-13(16)17-2/h5-6,8-9H,3-4,7,15H2,1-2H3/t9-/m1/s1. The molecule has 1 aromatic rings. The number of carbonyl (C=O) groups excluding carboxylic acids is 1. The molecule has 4 nitrogen and oxygen atoms in total. The van der Waals surface area contributed by atoms with E-state index in [1.54, 1.807) is 19.1 Å². The zero-order valence-corrected chi connectivity index (χ0v) is 10.6. The lowest BCUT2D eigenvalue weighted by Crippen LogP contribution is -2.07. The van der Waals surface area contributed by atoms with Crippen LogP contribution in [0.5, 0.6) is 5.75 Å². The summed E-state index contributed by atoms with van der Waals surface area (Å²) in [4.78, 5) is 10.8. The Labute approximate surface area is 106 Å². The maximum absolute atomic E-state index is 13.6. The molecular weight excluding hydrogens is 237 g/mol. The highest BCUT2D eigenvalue weighted by molar-refractivity contribution is 5.69. The van der Waals surface area contributed by atoms with Crippen LogP contribution in [-0.2, 0) is 9.53 Å². The number of methoxy groups -OCH3 is 1. The Kier molecular flexibility index (Phi) is 5.58. The number of hydrogen-bond acceptors (Lipinski definition) is 4. The number of esters is 1. The van der Waals surface area contributed by atoms with Gasteiger partial charge in [-0.15, -0.1) is 0 Å². The SMILES string of the molecule is COC(=O)CCCOc1ccc([C@@H](C)N)cc1F. The zero-order valence-electron chi connectivity index (χ0n) is 10.6. The summed E-state index contributed by atoms with van der Waals surface area (Å²) in [5.41, 5.74) is 6.36. The van der Waals surface area contributed by atoms with Crippen molar-refractivity contribution in [3.8, 4) is 5.75 Å². The van der Waals surface area contributed by atoms with Crippen LogP contribution in [0.15, 0.2) is 18.2 Å². The topological polar surface area (TPSA) is 61.5 Å². The molecule has 0 aromatic heterocycles. The highest BCUT2D eigenvalue weighted by atomic mass is 19.1. The van der Waals surface area contributed by atoms with Crippen LogP contribution in [0, 0.1) is 5.82 Å². The number of nitrogens with two attached hydrogens (primary N) is 1. The van der Waals surface area contributed by atoms with Crippen molar-refractivity contribution in [1.82, 2.24) is 0 Å². The highest BCUT2D eigenvalue weighted by Crippen LogP contribution is 2.21. The number of hydrogen-bond donors (Lipinski definition) is 1. The third-order valence-electron chi connectivity index (χ3n) is 2.49. The largest absolute Gasteiger partial charge is 0.491 e. The summed E-state index contributed by atoms with van der Waals surface area (Å²) in [7, 11) is 1.33. The molecule has 0 fully saturated rings. The van der Waals surface area contributed by atoms with E-state index >= 15 is 0 Å². The lowest BCUT2D eigenvalue weighted by atomic mass is 10.1. The van der Waals surface area contributed by atoms with Crippen molar-refractivity contribution in [2.24, 2.45) is 5.73 Å². The van der Waals surface area contributed by atoms with Crippen LogP contribution < -0.4 is 10.5 Å². The predicted octanol–water partition coefficient (Wildman–Crippen LogP) is 2.18. The average molecular weight is 255 g/mol. The Balaban J connectivity index is 2.45. The van der Waals surface area contributed by atoms with Gasteiger partial charge in [-0.3, -0.25) is 4.79 Å². The summed E-state index contributed by atoms with van der Waals surface area (Å²) in [6.45, 7) is 2.05. The molecule has 0 aliphatic heterocycles. The maximum atomic E-state index is 13.6. The molecular formula is C13H18FNO3. The lowest BCUT2D eigenvalue weighted by Gasteiger charge is -2.10. The van der Waals surface area contributed by atoms with Crippen LogP contribution in [0.4, 0.5) is 4.39 Å². The second kappa shape index (κ2) is 6.96. The van der Waals surface area contributed by atoms with Crippen LogP contribution in [0.3, 0.4) is 0 Å². The fourth-order valence-corrected chi connectivity index (χ4v) is 1.42. The van der Waals surface area contributed by atoms with E-state index in [0.717, 1.165) is 5.56 Å². The molecule has 0 radical (unpaired) electrons. The van der Waals surface area contributed by atoms with Gasteiger partial charge in [-0.1, -0.05) is 6.07 Å². The molecule has 18 heavy (non-hydrogen) atoms. The molecule has 0 saturated heterocycles. The molecule has 0 aliphatic rings. The molecule has 1 rings (SSSR count). The Bertz CT molecular complexity index is 407. The van der Waals surface area contributed by atoms with Crippen LogP contribution in [-0.4, -0.2) is 19.7 Å². The van der Waals surface area contributed by atoms with Crippen LogP contribution >= 0.6 is 0 Å². The van der Waals surface area contributed by atoms with Crippen molar-refractivity contribution < 1.29 is 18.7 Å². The van der Waals surface area contributed by atoms with Crippen LogP contribution in [0.2, 0.25) is 0 Å². The molecule has 0 aliphatic carbocycles. The van der Waals surface area contributed by atoms with E-state index in [1.807, 2.05) is 0 Å². The monoisotopic (exact) mass is 255 g/mol. The summed E-state index contributed by atoms with van der Waals surface area (Å²) in [6, 6.07) is 4.42. The first-order valence-corrected chi connectivity index (χ1v) is 5.79. The Morgan fingerprint density at radius 3 is 2.78 bits per heavy atom. The minimum Gasteiger partial charge on any atom is -0.491 e. The molecule has 0 amide bonds. The van der Waals surface area contributed by atoms with Gasteiger partial charge in [0.05, 0.1) is 13.7 Å². The minimum atomic E-state index is -0.442. The number of ether oxygens (including phenoxy) is 2. The van der Waals surface area contributed by atoms with E-state index in [2.05, 4.69) is 4.74 Å². The summed E-state index contributed by atoms with van der Waals surface area (Å²) in [6.07, 6.45) is 0.747. The van der Waals surface area contributed by atoms with Crippen molar-refractivity contribution in [2.75, 3.05) is 13.7 Å². The smallest absolute Gasteiger partial charge is 0.305 e. The van der Waals surface area contributed by atoms with Gasteiger partial charge in [0, 0.05) is 12.5 Å². The summed E-state index contributed by atoms with van der Waals surface area (Å²) in [5.74, 6) is -0.571. The average Bonchev–Trinajstić information content (AvgIpc) is 2.35. The van der Waals surface area contributed by atoms with Crippen LogP contribution in [0.1, 0.15) is 31.4 Å². The molecule has 0 heterocycles. The lowest BCUT2D eigenvalue weighted by molar-refractivity contribution is -0.140. The zero-order chi connectivity index (χ0) is 13.5. The fraction of sp³-hybridized carbons (Fsp3) is 0.462. The summed E-state index contributed by atoms with van der Waals surface area (Å²) < 4.78 is 23.3. The normalized spacial score (nSPS) is 12.0. The van der Waals surface area contributed by atoms with Gasteiger partial charge in [-0.25, -0.2) is 4.39 Å². The van der Waals surface area contributed by atoms with Gasteiger partial charge in [-0.2, -0.15) is 0 Å². The molecule has 5 heteroatoms. The van der Waals surface area contributed by atoms with Gasteiger partial charge in [0.2, 0.25) is 0 Å². The molecule has 0 spiro atoms. The quantitative estimate of drug-likeness (QED) is 0.625. The summed E-state index contributed by atoms with van der Waals surface area (Å²) in [5, 5.41) is 0. The van der Waals surface area contributed by atoms with Crippen molar-refractivity contribution in [2.45, 2.75) is 25.8 Å². The Hall–Kier alpha value is -1.62. The number of halogens is 1. The van der Waals surface area contributed by atoms with Gasteiger partial charge >= 0.3 is 5.97 Å². The van der Waals surface area contributed by atoms with Crippen molar-refractivity contribution >= 4 is 5.97 Å². The molecule has 0 saturated carbocycles. The van der Waals surface area contributed by atoms with E-state index in [4.69, 9.17) is 10.5 Å². The third-order valence-corrected chi connectivity index (χ3v) is 2.49. The summed E-state index contributed by atoms with van der Waals surface area (Å²) >= 11 is 0. The molecule has 0 bridgehead atoms. The second-order valence-corrected chi connectivity index (χ2v) is 4.01. The van der Waals surface area contributed by atoms with E-state index in [0.29, 0.717) is 6.42 Å². The van der Waals surface area contributed by atoms with Gasteiger partial charge < -0.3 is 15.2 Å². The highest BCUT2D eigenvalue weighted by Gasteiger charge is 2.07. The van der Waals surface area contributed by atoms with Gasteiger partial charge in [0.25, 0.3) is 0 Å². The Morgan fingerprint density at radius 1 is 1.50 bits per heavy atom. The molecule has 0 unspecified atom stereocenters. The second-order valence-electron chi connectivity index (χ2n) is 4.01. The number of benzene rings is 1. The predicted molar refractivity (Wildman–Crippen MR) is 65.7 cm³/mol.